The van der Waals surface area contributed by atoms with E-state index in [-0.39, 0.29) is 0 Å². The Labute approximate surface area is 72.4 Å². The fourth-order valence-electron chi connectivity index (χ4n) is 1.27. The number of anilines is 2. The predicted octanol–water partition coefficient (Wildman–Crippen LogP) is 1.33. The number of nitrogens with one attached hydrogen (secondary N) is 1. The molecule has 0 aromatic carbocycles. The van der Waals surface area contributed by atoms with Gasteiger partial charge >= 0.3 is 0 Å². The van der Waals surface area contributed by atoms with Crippen molar-refractivity contribution in [2.75, 3.05) is 30.4 Å². The summed E-state index contributed by atoms with van der Waals surface area (Å²) >= 11 is 0. The molecule has 1 aromatic heterocycles. The molecule has 2 heterocycles. The second kappa shape index (κ2) is 3.01. The molecule has 0 atom stereocenters. The van der Waals surface area contributed by atoms with Gasteiger partial charge in [-0.15, -0.1) is 0 Å². The van der Waals surface area contributed by atoms with Crippen LogP contribution in [0.25, 0.3) is 0 Å². The summed E-state index contributed by atoms with van der Waals surface area (Å²) in [6.45, 7) is 2.32. The van der Waals surface area contributed by atoms with Crippen molar-refractivity contribution in [3.63, 3.8) is 0 Å². The number of pyridine rings is 1. The molecule has 0 radical (unpaired) electrons. The third kappa shape index (κ3) is 1.22. The quantitative estimate of drug-likeness (QED) is 0.713. The van der Waals surface area contributed by atoms with E-state index in [1.54, 1.807) is 0 Å². The smallest absolute Gasteiger partial charge is 0.128 e. The van der Waals surface area contributed by atoms with Crippen LogP contribution in [0.15, 0.2) is 18.3 Å². The highest BCUT2D eigenvalue weighted by atomic mass is 15.2. The first-order valence-electron chi connectivity index (χ1n) is 4.29. The van der Waals surface area contributed by atoms with Crippen LogP contribution < -0.4 is 10.2 Å². The van der Waals surface area contributed by atoms with Gasteiger partial charge in [-0.2, -0.15) is 0 Å². The second-order valence-electron chi connectivity index (χ2n) is 3.00. The Morgan fingerprint density at radius 3 is 2.67 bits per heavy atom. The zero-order valence-corrected chi connectivity index (χ0v) is 7.25. The Morgan fingerprint density at radius 1 is 1.42 bits per heavy atom. The highest BCUT2D eigenvalue weighted by Crippen LogP contribution is 2.18. The van der Waals surface area contributed by atoms with Crippen molar-refractivity contribution in [2.24, 2.45) is 0 Å². The van der Waals surface area contributed by atoms with Crippen LogP contribution in [0.4, 0.5) is 11.5 Å². The first kappa shape index (κ1) is 7.40. The lowest BCUT2D eigenvalue weighted by molar-refractivity contribution is 0.610. The minimum absolute atomic E-state index is 1.07. The number of rotatable bonds is 2. The van der Waals surface area contributed by atoms with Crippen LogP contribution in [0.5, 0.6) is 0 Å². The molecule has 12 heavy (non-hydrogen) atoms. The van der Waals surface area contributed by atoms with E-state index in [2.05, 4.69) is 27.3 Å². The van der Waals surface area contributed by atoms with Gasteiger partial charge in [0.25, 0.3) is 0 Å². The molecule has 1 N–H and O–H groups in total. The molecule has 0 saturated carbocycles. The lowest BCUT2D eigenvalue weighted by Crippen LogP contribution is -2.37. The molecule has 2 rings (SSSR count). The minimum atomic E-state index is 1.07. The molecule has 0 bridgehead atoms. The lowest BCUT2D eigenvalue weighted by atomic mass is 10.2. The summed E-state index contributed by atoms with van der Waals surface area (Å²) in [6.07, 6.45) is 3.17. The Bertz CT molecular complexity index is 251. The first-order chi connectivity index (χ1) is 5.90. The third-order valence-electron chi connectivity index (χ3n) is 2.22. The van der Waals surface area contributed by atoms with Gasteiger partial charge < -0.3 is 10.2 Å². The summed E-state index contributed by atoms with van der Waals surface area (Å²) in [5.74, 6) is 1.10. The molecule has 1 aliphatic heterocycles. The fourth-order valence-corrected chi connectivity index (χ4v) is 1.27. The van der Waals surface area contributed by atoms with Gasteiger partial charge in [-0.1, -0.05) is 0 Å². The Kier molecular flexibility index (Phi) is 1.86. The molecule has 1 aromatic rings. The van der Waals surface area contributed by atoms with Gasteiger partial charge in [0.15, 0.2) is 0 Å². The van der Waals surface area contributed by atoms with Crippen molar-refractivity contribution >= 4 is 11.5 Å². The normalized spacial score (nSPS) is 15.6. The van der Waals surface area contributed by atoms with Crippen molar-refractivity contribution in [2.45, 2.75) is 6.42 Å². The van der Waals surface area contributed by atoms with E-state index in [1.165, 1.54) is 6.42 Å². The summed E-state index contributed by atoms with van der Waals surface area (Å²) in [6, 6.07) is 4.12. The maximum atomic E-state index is 4.33. The Morgan fingerprint density at radius 2 is 2.25 bits per heavy atom. The largest absolute Gasteiger partial charge is 0.387 e. The van der Waals surface area contributed by atoms with Crippen molar-refractivity contribution in [1.29, 1.82) is 0 Å². The molecule has 0 aliphatic carbocycles. The molecule has 1 aliphatic rings. The summed E-state index contributed by atoms with van der Waals surface area (Å²) in [4.78, 5) is 6.61. The first-order valence-corrected chi connectivity index (χ1v) is 4.29. The van der Waals surface area contributed by atoms with Gasteiger partial charge in [-0.05, 0) is 18.6 Å². The third-order valence-corrected chi connectivity index (χ3v) is 2.22. The van der Waals surface area contributed by atoms with E-state index >= 15 is 0 Å². The number of nitrogens with zero attached hydrogens (tertiary/aromatic N) is 2. The summed E-state index contributed by atoms with van der Waals surface area (Å²) in [5, 5.41) is 3.05. The van der Waals surface area contributed by atoms with Crippen LogP contribution in [0.1, 0.15) is 6.42 Å². The monoisotopic (exact) mass is 163 g/mol. The highest BCUT2D eigenvalue weighted by molar-refractivity contribution is 5.49. The average molecular weight is 163 g/mol. The summed E-state index contributed by atoms with van der Waals surface area (Å²) in [7, 11) is 1.90. The average Bonchev–Trinajstić information content (AvgIpc) is 2.03. The highest BCUT2D eigenvalue weighted by Gasteiger charge is 2.14. The molecule has 64 valence electrons. The lowest BCUT2D eigenvalue weighted by Gasteiger charge is -2.31. The van der Waals surface area contributed by atoms with Gasteiger partial charge in [0, 0.05) is 20.1 Å². The SMILES string of the molecule is CNc1ccc(N2CCC2)nc1. The van der Waals surface area contributed by atoms with E-state index < -0.39 is 0 Å². The topological polar surface area (TPSA) is 28.2 Å². The Balaban J connectivity index is 2.13. The zero-order chi connectivity index (χ0) is 8.39. The molecule has 3 nitrogen and oxygen atoms in total. The van der Waals surface area contributed by atoms with E-state index in [4.69, 9.17) is 0 Å². The maximum Gasteiger partial charge on any atom is 0.128 e. The van der Waals surface area contributed by atoms with Crippen LogP contribution in [-0.4, -0.2) is 25.1 Å². The van der Waals surface area contributed by atoms with E-state index in [0.29, 0.717) is 0 Å². The standard InChI is InChI=1S/C9H13N3/c1-10-8-3-4-9(11-7-8)12-5-2-6-12/h3-4,7,10H,2,5-6H2,1H3. The van der Waals surface area contributed by atoms with Crippen molar-refractivity contribution in [3.8, 4) is 0 Å². The van der Waals surface area contributed by atoms with Gasteiger partial charge in [0.05, 0.1) is 11.9 Å². The molecule has 0 spiro atoms. The van der Waals surface area contributed by atoms with Crippen LogP contribution in [0, 0.1) is 0 Å². The Hall–Kier alpha value is -1.25. The van der Waals surface area contributed by atoms with Crippen LogP contribution in [0.3, 0.4) is 0 Å². The van der Waals surface area contributed by atoms with Crippen molar-refractivity contribution < 1.29 is 0 Å². The molecular weight excluding hydrogens is 150 g/mol. The van der Waals surface area contributed by atoms with E-state index in [9.17, 15) is 0 Å². The maximum absolute atomic E-state index is 4.33. The predicted molar refractivity (Wildman–Crippen MR) is 50.6 cm³/mol. The van der Waals surface area contributed by atoms with Crippen LogP contribution in [0.2, 0.25) is 0 Å². The van der Waals surface area contributed by atoms with Gasteiger partial charge in [0.1, 0.15) is 5.82 Å². The van der Waals surface area contributed by atoms with Crippen LogP contribution in [-0.2, 0) is 0 Å². The molecule has 1 fully saturated rings. The van der Waals surface area contributed by atoms with E-state index in [1.807, 2.05) is 13.2 Å². The van der Waals surface area contributed by atoms with E-state index in [0.717, 1.165) is 24.6 Å². The fraction of sp³-hybridized carbons (Fsp3) is 0.444. The van der Waals surface area contributed by atoms with Gasteiger partial charge in [-0.25, -0.2) is 4.98 Å². The van der Waals surface area contributed by atoms with Crippen molar-refractivity contribution in [1.82, 2.24) is 4.98 Å². The summed E-state index contributed by atoms with van der Waals surface area (Å²) in [5.41, 5.74) is 1.07. The van der Waals surface area contributed by atoms with Gasteiger partial charge in [0.2, 0.25) is 0 Å². The van der Waals surface area contributed by atoms with Gasteiger partial charge in [-0.3, -0.25) is 0 Å². The minimum Gasteiger partial charge on any atom is -0.387 e. The molecule has 0 amide bonds. The van der Waals surface area contributed by atoms with Crippen molar-refractivity contribution in [3.05, 3.63) is 18.3 Å². The molecule has 0 unspecified atom stereocenters. The molecule has 1 saturated heterocycles. The second-order valence-corrected chi connectivity index (χ2v) is 3.00. The number of hydrogen-bond donors (Lipinski definition) is 1. The zero-order valence-electron chi connectivity index (χ0n) is 7.25. The number of aromatic nitrogens is 1. The molecule has 3 heteroatoms. The van der Waals surface area contributed by atoms with Crippen LogP contribution >= 0.6 is 0 Å². The number of hydrogen-bond acceptors (Lipinski definition) is 3. The summed E-state index contributed by atoms with van der Waals surface area (Å²) < 4.78 is 0. The molecular formula is C9H13N3.